The molecule has 0 aliphatic heterocycles. The average molecular weight is 456 g/mol. The van der Waals surface area contributed by atoms with E-state index in [1.54, 1.807) is 13.2 Å². The lowest BCUT2D eigenvalue weighted by molar-refractivity contribution is -0.145. The third-order valence-electron chi connectivity index (χ3n) is 4.29. The molecule has 0 bridgehead atoms. The fraction of sp³-hybridized carbons (Fsp3) is 0.300. The fourth-order valence-corrected chi connectivity index (χ4v) is 2.71. The van der Waals surface area contributed by atoms with Crippen LogP contribution in [0.3, 0.4) is 0 Å². The number of rotatable bonds is 7. The van der Waals surface area contributed by atoms with Crippen LogP contribution in [0.15, 0.2) is 35.5 Å². The van der Waals surface area contributed by atoms with Crippen molar-refractivity contribution < 1.29 is 31.4 Å². The SMILES string of the molecule is CCc1cn(C)c(OCCc2cc(F)c(Oc3cnc(C(F)(F)F)nc3)c(F)c2)nc1=O. The second-order valence-corrected chi connectivity index (χ2v) is 6.65. The lowest BCUT2D eigenvalue weighted by Crippen LogP contribution is -2.19. The molecule has 0 saturated heterocycles. The predicted octanol–water partition coefficient (Wildman–Crippen LogP) is 3.84. The van der Waals surface area contributed by atoms with Gasteiger partial charge in [0.25, 0.3) is 11.6 Å². The lowest BCUT2D eigenvalue weighted by atomic mass is 10.1. The summed E-state index contributed by atoms with van der Waals surface area (Å²) in [7, 11) is 1.65. The Morgan fingerprint density at radius 1 is 1.09 bits per heavy atom. The van der Waals surface area contributed by atoms with Crippen molar-refractivity contribution in [1.29, 1.82) is 0 Å². The van der Waals surface area contributed by atoms with Gasteiger partial charge in [-0.25, -0.2) is 18.7 Å². The molecule has 12 heteroatoms. The highest BCUT2D eigenvalue weighted by molar-refractivity contribution is 5.35. The zero-order valence-electron chi connectivity index (χ0n) is 16.9. The first kappa shape index (κ1) is 23.1. The highest BCUT2D eigenvalue weighted by atomic mass is 19.4. The molecule has 0 fully saturated rings. The Balaban J connectivity index is 1.67. The molecule has 0 aliphatic rings. The summed E-state index contributed by atoms with van der Waals surface area (Å²) in [6.07, 6.45) is -1.22. The van der Waals surface area contributed by atoms with E-state index in [1.807, 2.05) is 6.92 Å². The highest BCUT2D eigenvalue weighted by Gasteiger charge is 2.34. The van der Waals surface area contributed by atoms with Crippen LogP contribution in [0.5, 0.6) is 17.5 Å². The zero-order chi connectivity index (χ0) is 23.5. The number of halogens is 5. The van der Waals surface area contributed by atoms with E-state index in [1.165, 1.54) is 4.57 Å². The van der Waals surface area contributed by atoms with Gasteiger partial charge in [-0.05, 0) is 24.1 Å². The molecular weight excluding hydrogens is 439 g/mol. The molecule has 1 aromatic carbocycles. The number of aromatic nitrogens is 4. The molecule has 2 aromatic heterocycles. The standard InChI is InChI=1S/C20H17F5N4O3/c1-3-12-10-29(2)19(28-17(12)30)31-5-4-11-6-14(21)16(15(22)7-11)32-13-8-26-18(27-9-13)20(23,24)25/h6-10H,3-5H2,1-2H3. The van der Waals surface area contributed by atoms with Crippen molar-refractivity contribution in [3.8, 4) is 17.5 Å². The smallest absolute Gasteiger partial charge is 0.451 e. The summed E-state index contributed by atoms with van der Waals surface area (Å²) >= 11 is 0. The zero-order valence-corrected chi connectivity index (χ0v) is 16.9. The van der Waals surface area contributed by atoms with Crippen molar-refractivity contribution in [1.82, 2.24) is 19.5 Å². The van der Waals surface area contributed by atoms with Crippen molar-refractivity contribution in [2.24, 2.45) is 7.05 Å². The summed E-state index contributed by atoms with van der Waals surface area (Å²) in [6, 6.07) is 2.06. The molecule has 3 aromatic rings. The number of hydrogen-bond donors (Lipinski definition) is 0. The van der Waals surface area contributed by atoms with Crippen LogP contribution < -0.4 is 15.0 Å². The van der Waals surface area contributed by atoms with Crippen LogP contribution >= 0.6 is 0 Å². The van der Waals surface area contributed by atoms with Crippen molar-refractivity contribution in [2.45, 2.75) is 25.9 Å². The second-order valence-electron chi connectivity index (χ2n) is 6.65. The molecule has 170 valence electrons. The third kappa shape index (κ3) is 5.37. The van der Waals surface area contributed by atoms with Crippen molar-refractivity contribution in [3.63, 3.8) is 0 Å². The third-order valence-corrected chi connectivity index (χ3v) is 4.29. The summed E-state index contributed by atoms with van der Waals surface area (Å²) in [5, 5.41) is 0. The minimum absolute atomic E-state index is 0.0163. The van der Waals surface area contributed by atoms with Gasteiger partial charge in [-0.15, -0.1) is 0 Å². The van der Waals surface area contributed by atoms with Gasteiger partial charge in [0.2, 0.25) is 5.82 Å². The number of benzene rings is 1. The molecule has 0 atom stereocenters. The van der Waals surface area contributed by atoms with Gasteiger partial charge in [0.1, 0.15) is 0 Å². The Kier molecular flexibility index (Phi) is 6.70. The largest absolute Gasteiger partial charge is 0.464 e. The van der Waals surface area contributed by atoms with Crippen LogP contribution in [0.25, 0.3) is 0 Å². The minimum atomic E-state index is -4.75. The molecule has 0 radical (unpaired) electrons. The number of nitrogens with zero attached hydrogens (tertiary/aromatic N) is 4. The highest BCUT2D eigenvalue weighted by Crippen LogP contribution is 2.30. The number of hydrogen-bond acceptors (Lipinski definition) is 6. The first-order chi connectivity index (χ1) is 15.1. The summed E-state index contributed by atoms with van der Waals surface area (Å²) in [4.78, 5) is 21.8. The normalized spacial score (nSPS) is 11.5. The first-order valence-corrected chi connectivity index (χ1v) is 9.32. The Morgan fingerprint density at radius 2 is 1.72 bits per heavy atom. The molecule has 32 heavy (non-hydrogen) atoms. The first-order valence-electron chi connectivity index (χ1n) is 9.32. The molecule has 0 spiro atoms. The molecule has 2 heterocycles. The van der Waals surface area contributed by atoms with Crippen molar-refractivity contribution >= 4 is 0 Å². The lowest BCUT2D eigenvalue weighted by Gasteiger charge is -2.12. The van der Waals surface area contributed by atoms with E-state index in [0.717, 1.165) is 12.1 Å². The Hall–Kier alpha value is -3.57. The molecule has 0 aliphatic carbocycles. The summed E-state index contributed by atoms with van der Waals surface area (Å²) in [6.45, 7) is 1.80. The molecule has 7 nitrogen and oxygen atoms in total. The van der Waals surface area contributed by atoms with E-state index in [-0.39, 0.29) is 30.4 Å². The van der Waals surface area contributed by atoms with Crippen molar-refractivity contribution in [2.75, 3.05) is 6.61 Å². The van der Waals surface area contributed by atoms with E-state index in [9.17, 15) is 26.7 Å². The Morgan fingerprint density at radius 3 is 2.28 bits per heavy atom. The van der Waals surface area contributed by atoms with Gasteiger partial charge in [-0.3, -0.25) is 4.79 Å². The number of alkyl halides is 3. The Bertz CT molecular complexity index is 1140. The van der Waals surface area contributed by atoms with Gasteiger partial charge in [0.15, 0.2) is 23.1 Å². The second kappa shape index (κ2) is 9.28. The van der Waals surface area contributed by atoms with Gasteiger partial charge in [0.05, 0.1) is 19.0 Å². The maximum atomic E-state index is 14.3. The minimum Gasteiger partial charge on any atom is -0.464 e. The maximum absolute atomic E-state index is 14.3. The van der Waals surface area contributed by atoms with E-state index >= 15 is 0 Å². The van der Waals surface area contributed by atoms with Crippen LogP contribution in [0.1, 0.15) is 23.9 Å². The van der Waals surface area contributed by atoms with Crippen LogP contribution in [-0.2, 0) is 26.1 Å². The topological polar surface area (TPSA) is 79.1 Å². The quantitative estimate of drug-likeness (QED) is 0.503. The van der Waals surface area contributed by atoms with Crippen LogP contribution in [0, 0.1) is 11.6 Å². The molecular formula is C20H17F5N4O3. The van der Waals surface area contributed by atoms with E-state index in [2.05, 4.69) is 15.0 Å². The van der Waals surface area contributed by atoms with Gasteiger partial charge in [-0.2, -0.15) is 18.2 Å². The van der Waals surface area contributed by atoms with Crippen LogP contribution in [0.4, 0.5) is 22.0 Å². The summed E-state index contributed by atoms with van der Waals surface area (Å²) < 4.78 is 78.1. The molecule has 0 unspecified atom stereocenters. The monoisotopic (exact) mass is 456 g/mol. The van der Waals surface area contributed by atoms with Gasteiger partial charge >= 0.3 is 6.18 Å². The number of aryl methyl sites for hydroxylation is 2. The maximum Gasteiger partial charge on any atom is 0.451 e. The van der Waals surface area contributed by atoms with Crippen LogP contribution in [0.2, 0.25) is 0 Å². The van der Waals surface area contributed by atoms with Crippen molar-refractivity contribution in [3.05, 3.63) is 69.7 Å². The molecule has 0 saturated carbocycles. The number of ether oxygens (including phenoxy) is 2. The molecule has 0 N–H and O–H groups in total. The van der Waals surface area contributed by atoms with Gasteiger partial charge < -0.3 is 14.0 Å². The fourth-order valence-electron chi connectivity index (χ4n) is 2.71. The van der Waals surface area contributed by atoms with Gasteiger partial charge in [0, 0.05) is 25.2 Å². The summed E-state index contributed by atoms with van der Waals surface area (Å²) in [5.41, 5.74) is 0.343. The van der Waals surface area contributed by atoms with E-state index in [0.29, 0.717) is 24.4 Å². The predicted molar refractivity (Wildman–Crippen MR) is 102 cm³/mol. The molecule has 3 rings (SSSR count). The Labute approximate surface area is 178 Å². The van der Waals surface area contributed by atoms with Gasteiger partial charge in [-0.1, -0.05) is 6.92 Å². The molecule has 0 amide bonds. The van der Waals surface area contributed by atoms with E-state index in [4.69, 9.17) is 9.47 Å². The van der Waals surface area contributed by atoms with Crippen LogP contribution in [-0.4, -0.2) is 26.1 Å². The average Bonchev–Trinajstić information content (AvgIpc) is 2.72. The van der Waals surface area contributed by atoms with E-state index < -0.39 is 34.9 Å². The summed E-state index contributed by atoms with van der Waals surface area (Å²) in [5.74, 6) is -4.72.